The smallest absolute Gasteiger partial charge is 0.244 e. The van der Waals surface area contributed by atoms with Crippen LogP contribution in [0.5, 0.6) is 0 Å². The molecule has 0 aromatic heterocycles. The predicted octanol–water partition coefficient (Wildman–Crippen LogP) is 1.11. The zero-order chi connectivity index (χ0) is 20.7. The Labute approximate surface area is 170 Å². The fourth-order valence-corrected chi connectivity index (χ4v) is 7.19. The fraction of sp³-hybridized carbons (Fsp3) is 0.588. The molecule has 3 rings (SSSR count). The van der Waals surface area contributed by atoms with Crippen LogP contribution in [0.25, 0.3) is 0 Å². The van der Waals surface area contributed by atoms with Crippen LogP contribution in [0, 0.1) is 0 Å². The molecule has 1 aromatic carbocycles. The van der Waals surface area contributed by atoms with Crippen molar-refractivity contribution in [3.63, 3.8) is 0 Å². The highest BCUT2D eigenvalue weighted by molar-refractivity contribution is 8.00. The summed E-state index contributed by atoms with van der Waals surface area (Å²) in [6, 6.07) is 4.29. The molecule has 8 nitrogen and oxygen atoms in total. The molecule has 2 aliphatic rings. The van der Waals surface area contributed by atoms with Gasteiger partial charge in [0.25, 0.3) is 0 Å². The number of nitrogens with one attached hydrogen (secondary N) is 2. The van der Waals surface area contributed by atoms with Gasteiger partial charge >= 0.3 is 0 Å². The number of hydrogen-bond donors (Lipinski definition) is 2. The number of carbonyl (C=O) groups is 1. The molecular formula is C17H25N3O5S3. The Morgan fingerprint density at radius 2 is 1.64 bits per heavy atom. The Kier molecular flexibility index (Phi) is 5.85. The second-order valence-corrected chi connectivity index (χ2v) is 12.6. The van der Waals surface area contributed by atoms with E-state index >= 15 is 0 Å². The average Bonchev–Trinajstić information content (AvgIpc) is 3.23. The molecule has 0 spiro atoms. The molecule has 1 saturated carbocycles. The van der Waals surface area contributed by atoms with E-state index < -0.39 is 31.6 Å². The van der Waals surface area contributed by atoms with E-state index in [1.165, 1.54) is 40.3 Å². The standard InChI is InChI=1S/C17H25N3O5S3/c1-17(2,3)18-16(21)15-10-26-11-20(15)28(24,25)14-8-6-13(7-9-14)27(22,23)19-12-4-5-12/h6-9,12,15,19H,4-5,10-11H2,1-3H3,(H,18,21). The van der Waals surface area contributed by atoms with Crippen LogP contribution < -0.4 is 10.0 Å². The van der Waals surface area contributed by atoms with E-state index in [0.29, 0.717) is 5.75 Å². The first-order valence-corrected chi connectivity index (χ1v) is 13.0. The Bertz CT molecular complexity index is 949. The van der Waals surface area contributed by atoms with Gasteiger partial charge < -0.3 is 5.32 Å². The van der Waals surface area contributed by atoms with Crippen LogP contribution in [0.4, 0.5) is 0 Å². The van der Waals surface area contributed by atoms with Crippen LogP contribution >= 0.6 is 11.8 Å². The number of amides is 1. The number of rotatable bonds is 6. The first-order chi connectivity index (χ1) is 12.9. The van der Waals surface area contributed by atoms with Crippen molar-refractivity contribution < 1.29 is 21.6 Å². The van der Waals surface area contributed by atoms with Gasteiger partial charge in [-0.1, -0.05) is 0 Å². The maximum absolute atomic E-state index is 13.0. The second kappa shape index (κ2) is 7.60. The molecule has 1 amide bonds. The number of thioether (sulfide) groups is 1. The molecule has 1 aromatic rings. The van der Waals surface area contributed by atoms with Crippen LogP contribution in [0.1, 0.15) is 33.6 Å². The highest BCUT2D eigenvalue weighted by atomic mass is 32.2. The third-order valence-corrected chi connectivity index (χ3v) is 8.86. The largest absolute Gasteiger partial charge is 0.350 e. The minimum atomic E-state index is -3.93. The van der Waals surface area contributed by atoms with Gasteiger partial charge in [-0.3, -0.25) is 4.79 Å². The van der Waals surface area contributed by atoms with E-state index in [9.17, 15) is 21.6 Å². The maximum Gasteiger partial charge on any atom is 0.244 e. The Morgan fingerprint density at radius 3 is 2.18 bits per heavy atom. The Balaban J connectivity index is 1.80. The summed E-state index contributed by atoms with van der Waals surface area (Å²) in [5, 5.41) is 2.82. The van der Waals surface area contributed by atoms with Gasteiger partial charge in [-0.25, -0.2) is 21.6 Å². The van der Waals surface area contributed by atoms with Crippen LogP contribution in [0.3, 0.4) is 0 Å². The van der Waals surface area contributed by atoms with Gasteiger partial charge in [0.15, 0.2) is 0 Å². The Hall–Kier alpha value is -1.14. The van der Waals surface area contributed by atoms with Gasteiger partial charge in [0, 0.05) is 17.3 Å². The average molecular weight is 448 g/mol. The minimum Gasteiger partial charge on any atom is -0.350 e. The van der Waals surface area contributed by atoms with Crippen molar-refractivity contribution in [1.29, 1.82) is 0 Å². The fourth-order valence-electron chi connectivity index (χ4n) is 2.74. The lowest BCUT2D eigenvalue weighted by atomic mass is 10.1. The van der Waals surface area contributed by atoms with Crippen molar-refractivity contribution >= 4 is 37.7 Å². The molecule has 0 bridgehead atoms. The summed E-state index contributed by atoms with van der Waals surface area (Å²) in [5.41, 5.74) is -0.468. The van der Waals surface area contributed by atoms with Crippen LogP contribution in [-0.4, -0.2) is 56.3 Å². The van der Waals surface area contributed by atoms with Crippen molar-refractivity contribution in [2.24, 2.45) is 0 Å². The molecule has 156 valence electrons. The van der Waals surface area contributed by atoms with Gasteiger partial charge in [0.2, 0.25) is 26.0 Å². The maximum atomic E-state index is 13.0. The van der Waals surface area contributed by atoms with E-state index in [-0.39, 0.29) is 27.6 Å². The molecular weight excluding hydrogens is 422 g/mol. The first-order valence-electron chi connectivity index (χ1n) is 8.94. The highest BCUT2D eigenvalue weighted by Crippen LogP contribution is 2.29. The lowest BCUT2D eigenvalue weighted by molar-refractivity contribution is -0.125. The molecule has 1 unspecified atom stereocenters. The number of sulfonamides is 2. The van der Waals surface area contributed by atoms with E-state index in [1.54, 1.807) is 0 Å². The quantitative estimate of drug-likeness (QED) is 0.675. The van der Waals surface area contributed by atoms with Gasteiger partial charge in [-0.05, 0) is 57.9 Å². The monoisotopic (exact) mass is 447 g/mol. The molecule has 11 heteroatoms. The molecule has 1 saturated heterocycles. The first kappa shape index (κ1) is 21.6. The highest BCUT2D eigenvalue weighted by Gasteiger charge is 2.41. The summed E-state index contributed by atoms with van der Waals surface area (Å²) in [6.07, 6.45) is 1.63. The second-order valence-electron chi connectivity index (χ2n) is 8.01. The summed E-state index contributed by atoms with van der Waals surface area (Å²) in [4.78, 5) is 12.5. The van der Waals surface area contributed by atoms with E-state index in [0.717, 1.165) is 12.8 Å². The van der Waals surface area contributed by atoms with Crippen LogP contribution in [0.2, 0.25) is 0 Å². The molecule has 1 aliphatic heterocycles. The van der Waals surface area contributed by atoms with Crippen LogP contribution in [0.15, 0.2) is 34.1 Å². The van der Waals surface area contributed by atoms with Gasteiger partial charge in [0.05, 0.1) is 15.7 Å². The van der Waals surface area contributed by atoms with E-state index in [2.05, 4.69) is 10.0 Å². The number of nitrogens with zero attached hydrogens (tertiary/aromatic N) is 1. The Morgan fingerprint density at radius 1 is 1.07 bits per heavy atom. The molecule has 1 heterocycles. The zero-order valence-corrected chi connectivity index (χ0v) is 18.5. The molecule has 1 aliphatic carbocycles. The summed E-state index contributed by atoms with van der Waals surface area (Å²) in [7, 11) is -7.57. The summed E-state index contributed by atoms with van der Waals surface area (Å²) < 4.78 is 54.3. The molecule has 0 radical (unpaired) electrons. The number of hydrogen-bond acceptors (Lipinski definition) is 6. The van der Waals surface area contributed by atoms with Crippen LogP contribution in [-0.2, 0) is 24.8 Å². The van der Waals surface area contributed by atoms with Gasteiger partial charge in [-0.15, -0.1) is 11.8 Å². The minimum absolute atomic E-state index is 0.0242. The van der Waals surface area contributed by atoms with E-state index in [4.69, 9.17) is 0 Å². The SMILES string of the molecule is CC(C)(C)NC(=O)C1CSCN1S(=O)(=O)c1ccc(S(=O)(=O)NC2CC2)cc1. The third-order valence-electron chi connectivity index (χ3n) is 4.28. The topological polar surface area (TPSA) is 113 Å². The number of benzene rings is 1. The van der Waals surface area contributed by atoms with Crippen molar-refractivity contribution in [2.75, 3.05) is 11.6 Å². The third kappa shape index (κ3) is 4.88. The molecule has 28 heavy (non-hydrogen) atoms. The lowest BCUT2D eigenvalue weighted by Gasteiger charge is -2.27. The predicted molar refractivity (Wildman–Crippen MR) is 108 cm³/mol. The molecule has 2 N–H and O–H groups in total. The summed E-state index contributed by atoms with van der Waals surface area (Å²) >= 11 is 1.37. The van der Waals surface area contributed by atoms with E-state index in [1.807, 2.05) is 20.8 Å². The zero-order valence-electron chi connectivity index (χ0n) is 16.0. The molecule has 2 fully saturated rings. The van der Waals surface area contributed by atoms with Crippen molar-refractivity contribution in [2.45, 2.75) is 61.0 Å². The van der Waals surface area contributed by atoms with Gasteiger partial charge in [-0.2, -0.15) is 4.31 Å². The van der Waals surface area contributed by atoms with Crippen molar-refractivity contribution in [1.82, 2.24) is 14.3 Å². The number of carbonyl (C=O) groups excluding carboxylic acids is 1. The van der Waals surface area contributed by atoms with Crippen molar-refractivity contribution in [3.05, 3.63) is 24.3 Å². The normalized spacial score (nSPS) is 21.6. The lowest BCUT2D eigenvalue weighted by Crippen LogP contribution is -2.52. The summed E-state index contributed by atoms with van der Waals surface area (Å²) in [5.74, 6) is 0.209. The van der Waals surface area contributed by atoms with Gasteiger partial charge in [0.1, 0.15) is 6.04 Å². The molecule has 1 atom stereocenters. The summed E-state index contributed by atoms with van der Waals surface area (Å²) in [6.45, 7) is 5.50. The van der Waals surface area contributed by atoms with Crippen molar-refractivity contribution in [3.8, 4) is 0 Å².